The fraction of sp³-hybridized carbons (Fsp3) is 0.174. The second-order valence-electron chi connectivity index (χ2n) is 7.26. The minimum absolute atomic E-state index is 0. The molecule has 2 aromatic carbocycles. The van der Waals surface area contributed by atoms with Crippen LogP contribution in [0.3, 0.4) is 0 Å². The maximum Gasteiger partial charge on any atom is 0.134 e. The highest BCUT2D eigenvalue weighted by Gasteiger charge is 2.14. The molecule has 5 nitrogen and oxygen atoms in total. The van der Waals surface area contributed by atoms with Gasteiger partial charge in [-0.25, -0.2) is 4.98 Å². The summed E-state index contributed by atoms with van der Waals surface area (Å²) in [6.45, 7) is 3.56. The molecule has 9 heteroatoms. The van der Waals surface area contributed by atoms with Crippen LogP contribution < -0.4 is 10.6 Å². The topological polar surface area (TPSA) is 61.7 Å². The molecule has 164 valence electrons. The van der Waals surface area contributed by atoms with Crippen LogP contribution in [0.1, 0.15) is 11.1 Å². The zero-order valence-corrected chi connectivity index (χ0v) is 20.3. The molecule has 2 aromatic heterocycles. The highest BCUT2D eigenvalue weighted by molar-refractivity contribution is 7.26. The Balaban J connectivity index is 0.00000122. The number of hydrogen-bond acceptors (Lipinski definition) is 7. The van der Waals surface area contributed by atoms with Crippen molar-refractivity contribution in [1.29, 1.82) is 0 Å². The van der Waals surface area contributed by atoms with Crippen molar-refractivity contribution in [3.05, 3.63) is 65.7 Å². The Bertz CT molecular complexity index is 1310. The highest BCUT2D eigenvalue weighted by Crippen LogP contribution is 2.38. The lowest BCUT2D eigenvalue weighted by molar-refractivity contribution is 0.960. The summed E-state index contributed by atoms with van der Waals surface area (Å²) in [5, 5.41) is 7.74. The molecular weight excluding hydrogens is 481 g/mol. The van der Waals surface area contributed by atoms with E-state index in [1.54, 1.807) is 22.7 Å². The molecule has 0 radical (unpaired) electrons. The van der Waals surface area contributed by atoms with E-state index in [9.17, 15) is 0 Å². The Kier molecular flexibility index (Phi) is 6.81. The first-order valence-electron chi connectivity index (χ1n) is 10.0. The Labute approximate surface area is 206 Å². The van der Waals surface area contributed by atoms with Crippen LogP contribution in [0.4, 0.5) is 0 Å². The summed E-state index contributed by atoms with van der Waals surface area (Å²) in [4.78, 5) is 16.3. The van der Waals surface area contributed by atoms with Gasteiger partial charge in [-0.05, 0) is 35.9 Å². The number of aliphatic imine (C=N–C) groups is 2. The average molecular weight is 502 g/mol. The number of halogens is 2. The van der Waals surface area contributed by atoms with Gasteiger partial charge in [-0.3, -0.25) is 9.98 Å². The van der Waals surface area contributed by atoms with Crippen molar-refractivity contribution < 1.29 is 0 Å². The standard InChI is InChI=1S/C23H19N5S2.2ClH/c1-3-15(21-24-9-10-25-21)4-2-14(1)18-7-8-19(29-18)23-28-17-6-5-16(13-20(17)30-23)22-26-11-12-27-22;;/h1-8,13H,9-12H2,(H,24,25)(H,26,27);2*1H. The minimum Gasteiger partial charge on any atom is -0.368 e. The Morgan fingerprint density at radius 1 is 0.656 bits per heavy atom. The fourth-order valence-corrected chi connectivity index (χ4v) is 5.83. The third-order valence-corrected chi connectivity index (χ3v) is 7.59. The summed E-state index contributed by atoms with van der Waals surface area (Å²) in [5.74, 6) is 1.99. The average Bonchev–Trinajstić information content (AvgIpc) is 3.58. The predicted octanol–water partition coefficient (Wildman–Crippen LogP) is 5.24. The monoisotopic (exact) mass is 501 g/mol. The van der Waals surface area contributed by atoms with E-state index in [4.69, 9.17) is 4.98 Å². The summed E-state index contributed by atoms with van der Waals surface area (Å²) in [6.07, 6.45) is 0. The molecule has 4 aromatic rings. The van der Waals surface area contributed by atoms with Gasteiger partial charge in [0.25, 0.3) is 0 Å². The highest BCUT2D eigenvalue weighted by atomic mass is 35.5. The van der Waals surface area contributed by atoms with Crippen LogP contribution in [-0.4, -0.2) is 42.8 Å². The molecule has 2 aliphatic heterocycles. The van der Waals surface area contributed by atoms with Crippen molar-refractivity contribution in [3.63, 3.8) is 0 Å². The van der Waals surface area contributed by atoms with Crippen LogP contribution in [0, 0.1) is 0 Å². The molecule has 0 saturated carbocycles. The number of nitrogens with zero attached hydrogens (tertiary/aromatic N) is 3. The molecule has 2 N–H and O–H groups in total. The van der Waals surface area contributed by atoms with Crippen LogP contribution in [0.15, 0.2) is 64.6 Å². The number of fused-ring (bicyclic) bond motifs is 1. The van der Waals surface area contributed by atoms with Crippen molar-refractivity contribution in [3.8, 4) is 20.3 Å². The molecule has 0 saturated heterocycles. The van der Waals surface area contributed by atoms with Crippen LogP contribution in [0.25, 0.3) is 30.5 Å². The maximum absolute atomic E-state index is 4.87. The van der Waals surface area contributed by atoms with E-state index in [-0.39, 0.29) is 24.8 Å². The first kappa shape index (κ1) is 22.7. The lowest BCUT2D eigenvalue weighted by Gasteiger charge is -2.03. The molecule has 0 unspecified atom stereocenters. The number of rotatable bonds is 4. The van der Waals surface area contributed by atoms with E-state index in [1.165, 1.54) is 20.0 Å². The van der Waals surface area contributed by atoms with Crippen LogP contribution >= 0.6 is 47.5 Å². The molecule has 0 amide bonds. The van der Waals surface area contributed by atoms with E-state index >= 15 is 0 Å². The summed E-state index contributed by atoms with van der Waals surface area (Å²) in [6, 6.07) is 19.4. The second kappa shape index (κ2) is 9.58. The lowest BCUT2D eigenvalue weighted by Crippen LogP contribution is -2.19. The largest absolute Gasteiger partial charge is 0.368 e. The number of benzene rings is 2. The molecule has 6 rings (SSSR count). The van der Waals surface area contributed by atoms with Gasteiger partial charge in [-0.1, -0.05) is 24.3 Å². The first-order chi connectivity index (χ1) is 14.8. The van der Waals surface area contributed by atoms with Crippen molar-refractivity contribution in [2.45, 2.75) is 0 Å². The molecule has 0 aliphatic carbocycles. The first-order valence-corrected chi connectivity index (χ1v) is 11.7. The molecule has 2 aliphatic rings. The van der Waals surface area contributed by atoms with Crippen molar-refractivity contribution in [1.82, 2.24) is 15.6 Å². The van der Waals surface area contributed by atoms with E-state index in [2.05, 4.69) is 75.2 Å². The Morgan fingerprint density at radius 2 is 1.28 bits per heavy atom. The van der Waals surface area contributed by atoms with E-state index in [0.717, 1.165) is 59.5 Å². The third-order valence-electron chi connectivity index (χ3n) is 5.27. The summed E-state index contributed by atoms with van der Waals surface area (Å²) >= 11 is 3.53. The van der Waals surface area contributed by atoms with Crippen LogP contribution in [0.5, 0.6) is 0 Å². The molecule has 32 heavy (non-hydrogen) atoms. The molecule has 0 atom stereocenters. The van der Waals surface area contributed by atoms with Crippen molar-refractivity contribution in [2.24, 2.45) is 9.98 Å². The Morgan fingerprint density at radius 3 is 1.97 bits per heavy atom. The van der Waals surface area contributed by atoms with Crippen LogP contribution in [0.2, 0.25) is 0 Å². The smallest absolute Gasteiger partial charge is 0.134 e. The second-order valence-corrected chi connectivity index (χ2v) is 9.37. The van der Waals surface area contributed by atoms with Gasteiger partial charge >= 0.3 is 0 Å². The van der Waals surface area contributed by atoms with Gasteiger partial charge in [0.2, 0.25) is 0 Å². The third kappa shape index (κ3) is 4.26. The number of nitrogens with one attached hydrogen (secondary N) is 2. The van der Waals surface area contributed by atoms with E-state index in [0.29, 0.717) is 0 Å². The normalized spacial score (nSPS) is 14.8. The quantitative estimate of drug-likeness (QED) is 0.402. The number of thiazole rings is 1. The van der Waals surface area contributed by atoms with E-state index < -0.39 is 0 Å². The number of thiophene rings is 1. The van der Waals surface area contributed by atoms with Crippen LogP contribution in [-0.2, 0) is 0 Å². The zero-order chi connectivity index (χ0) is 19.9. The van der Waals surface area contributed by atoms with Gasteiger partial charge in [0.1, 0.15) is 16.7 Å². The SMILES string of the molecule is Cl.Cl.c1cc(-c2ccc(-c3nc4ccc(C5=NCCN5)cc4s3)s2)ccc1C1=NCCN1. The summed E-state index contributed by atoms with van der Waals surface area (Å²) < 4.78 is 1.20. The van der Waals surface area contributed by atoms with Crippen molar-refractivity contribution >= 4 is 69.4 Å². The zero-order valence-electron chi connectivity index (χ0n) is 17.0. The summed E-state index contributed by atoms with van der Waals surface area (Å²) in [5.41, 5.74) is 4.56. The lowest BCUT2D eigenvalue weighted by atomic mass is 10.1. The maximum atomic E-state index is 4.87. The van der Waals surface area contributed by atoms with Gasteiger partial charge in [0.15, 0.2) is 0 Å². The predicted molar refractivity (Wildman–Crippen MR) is 142 cm³/mol. The van der Waals surface area contributed by atoms with Crippen molar-refractivity contribution in [2.75, 3.05) is 26.2 Å². The molecule has 0 fully saturated rings. The Hall–Kier alpha value is -2.45. The number of aromatic nitrogens is 1. The fourth-order valence-electron chi connectivity index (χ4n) is 3.76. The molecule has 0 bridgehead atoms. The van der Waals surface area contributed by atoms with Gasteiger partial charge < -0.3 is 10.6 Å². The number of amidine groups is 2. The van der Waals surface area contributed by atoms with Gasteiger partial charge in [-0.2, -0.15) is 0 Å². The molecule has 0 spiro atoms. The van der Waals surface area contributed by atoms with Gasteiger partial charge in [0, 0.05) is 29.1 Å². The summed E-state index contributed by atoms with van der Waals surface area (Å²) in [7, 11) is 0. The van der Waals surface area contributed by atoms with Gasteiger partial charge in [0.05, 0.1) is 28.2 Å². The minimum atomic E-state index is 0. The molecule has 4 heterocycles. The number of hydrogen-bond donors (Lipinski definition) is 2. The van der Waals surface area contributed by atoms with Gasteiger partial charge in [-0.15, -0.1) is 47.5 Å². The van der Waals surface area contributed by atoms with E-state index in [1.807, 2.05) is 0 Å². The molecular formula is C23H21Cl2N5S2.